The van der Waals surface area contributed by atoms with E-state index in [9.17, 15) is 18.0 Å². The van der Waals surface area contributed by atoms with Gasteiger partial charge in [-0.2, -0.15) is 13.2 Å². The number of hydrogen-bond acceptors (Lipinski definition) is 2. The number of amides is 2. The topological polar surface area (TPSA) is 53.2 Å². The molecule has 0 radical (unpaired) electrons. The summed E-state index contributed by atoms with van der Waals surface area (Å²) in [6, 6.07) is 15.1. The fraction of sp³-hybridized carbons (Fsp3) is 0.435. The van der Waals surface area contributed by atoms with Crippen LogP contribution in [0.1, 0.15) is 36.8 Å². The van der Waals surface area contributed by atoms with Crippen molar-refractivity contribution < 1.29 is 18.0 Å². The number of carbonyl (C=O) groups is 1. The van der Waals surface area contributed by atoms with Gasteiger partial charge in [0.15, 0.2) is 0 Å². The highest BCUT2D eigenvalue weighted by Crippen LogP contribution is 2.30. The Hall–Kier alpha value is -2.54. The van der Waals surface area contributed by atoms with Gasteiger partial charge < -0.3 is 16.0 Å². The number of urea groups is 1. The van der Waals surface area contributed by atoms with Crippen molar-refractivity contribution in [3.05, 3.63) is 65.7 Å². The van der Waals surface area contributed by atoms with Gasteiger partial charge in [-0.25, -0.2) is 4.79 Å². The van der Waals surface area contributed by atoms with E-state index in [-0.39, 0.29) is 5.69 Å². The summed E-state index contributed by atoms with van der Waals surface area (Å²) in [7, 11) is 0. The summed E-state index contributed by atoms with van der Waals surface area (Å²) in [6.07, 6.45) is 0.714. The maximum atomic E-state index is 12.7. The van der Waals surface area contributed by atoms with Crippen LogP contribution in [0.15, 0.2) is 54.6 Å². The van der Waals surface area contributed by atoms with Crippen LogP contribution in [0.25, 0.3) is 0 Å². The molecule has 1 saturated heterocycles. The highest BCUT2D eigenvalue weighted by Gasteiger charge is 2.30. The van der Waals surface area contributed by atoms with Crippen LogP contribution in [0.3, 0.4) is 0 Å². The molecule has 0 aliphatic carbocycles. The molecule has 2 amide bonds. The van der Waals surface area contributed by atoms with Crippen LogP contribution in [0.4, 0.5) is 23.7 Å². The Kier molecular flexibility index (Phi) is 7.74. The molecule has 0 saturated carbocycles. The number of hydrogen-bond donors (Lipinski definition) is 3. The summed E-state index contributed by atoms with van der Waals surface area (Å²) in [6.45, 7) is 1.48. The largest absolute Gasteiger partial charge is 0.416 e. The fourth-order valence-corrected chi connectivity index (χ4v) is 3.95. The number of alkyl halides is 3. The first-order valence-electron chi connectivity index (χ1n) is 10.4. The average molecular weight is 419 g/mol. The molecule has 30 heavy (non-hydrogen) atoms. The van der Waals surface area contributed by atoms with Crippen LogP contribution in [-0.4, -0.2) is 25.2 Å². The molecule has 2 aromatic rings. The Morgan fingerprint density at radius 2 is 1.90 bits per heavy atom. The predicted molar refractivity (Wildman–Crippen MR) is 112 cm³/mol. The third-order valence-corrected chi connectivity index (χ3v) is 5.43. The third-order valence-electron chi connectivity index (χ3n) is 5.43. The number of rotatable bonds is 7. The zero-order chi connectivity index (χ0) is 21.4. The standard InChI is InChI=1S/C23H28F3N3O/c24-23(25,26)19-8-4-9-21(16-19)29-22(30)28-12-5-10-20-15-18(11-13-27-20)14-17-6-2-1-3-7-17/h1-4,6-9,16,18,20,27H,5,10-15H2,(H2,28,29,30)/t18-,20-/m0/s1. The van der Waals surface area contributed by atoms with Gasteiger partial charge in [0.1, 0.15) is 0 Å². The van der Waals surface area contributed by atoms with E-state index in [1.165, 1.54) is 24.1 Å². The van der Waals surface area contributed by atoms with Crippen molar-refractivity contribution in [2.24, 2.45) is 5.92 Å². The van der Waals surface area contributed by atoms with Crippen LogP contribution in [0.5, 0.6) is 0 Å². The summed E-state index contributed by atoms with van der Waals surface area (Å²) < 4.78 is 38.2. The summed E-state index contributed by atoms with van der Waals surface area (Å²) in [5, 5.41) is 8.73. The van der Waals surface area contributed by atoms with Gasteiger partial charge in [-0.15, -0.1) is 0 Å². The van der Waals surface area contributed by atoms with Crippen molar-refractivity contribution in [2.75, 3.05) is 18.4 Å². The summed E-state index contributed by atoms with van der Waals surface area (Å²) >= 11 is 0. The number of piperidine rings is 1. The Morgan fingerprint density at radius 1 is 1.10 bits per heavy atom. The molecule has 2 atom stereocenters. The quantitative estimate of drug-likeness (QED) is 0.539. The summed E-state index contributed by atoms with van der Waals surface area (Å²) in [5.74, 6) is 0.663. The zero-order valence-corrected chi connectivity index (χ0v) is 16.8. The first-order chi connectivity index (χ1) is 14.4. The second-order valence-corrected chi connectivity index (χ2v) is 7.83. The molecule has 1 heterocycles. The molecule has 3 N–H and O–H groups in total. The van der Waals surface area contributed by atoms with Crippen molar-refractivity contribution >= 4 is 11.7 Å². The lowest BCUT2D eigenvalue weighted by molar-refractivity contribution is -0.137. The minimum absolute atomic E-state index is 0.125. The number of carbonyl (C=O) groups excluding carboxylic acids is 1. The molecule has 7 heteroatoms. The second-order valence-electron chi connectivity index (χ2n) is 7.83. The van der Waals surface area contributed by atoms with Crippen LogP contribution in [0, 0.1) is 5.92 Å². The zero-order valence-electron chi connectivity index (χ0n) is 16.8. The molecule has 0 aromatic heterocycles. The van der Waals surface area contributed by atoms with Gasteiger partial charge in [-0.05, 0) is 68.3 Å². The van der Waals surface area contributed by atoms with E-state index in [0.717, 1.165) is 44.4 Å². The van der Waals surface area contributed by atoms with E-state index < -0.39 is 17.8 Å². The molecular formula is C23H28F3N3O. The van der Waals surface area contributed by atoms with E-state index >= 15 is 0 Å². The molecule has 1 aliphatic rings. The summed E-state index contributed by atoms with van der Waals surface area (Å²) in [5.41, 5.74) is 0.713. The third kappa shape index (κ3) is 7.06. The highest BCUT2D eigenvalue weighted by molar-refractivity contribution is 5.89. The average Bonchev–Trinajstić information content (AvgIpc) is 2.72. The van der Waals surface area contributed by atoms with Gasteiger partial charge in [-0.3, -0.25) is 0 Å². The van der Waals surface area contributed by atoms with Gasteiger partial charge in [0.25, 0.3) is 0 Å². The Morgan fingerprint density at radius 3 is 2.67 bits per heavy atom. The van der Waals surface area contributed by atoms with Crippen LogP contribution < -0.4 is 16.0 Å². The van der Waals surface area contributed by atoms with E-state index in [1.54, 1.807) is 0 Å². The van der Waals surface area contributed by atoms with Gasteiger partial charge in [0.2, 0.25) is 0 Å². The van der Waals surface area contributed by atoms with Crippen molar-refractivity contribution in [3.63, 3.8) is 0 Å². The molecule has 0 spiro atoms. The van der Waals surface area contributed by atoms with Crippen molar-refractivity contribution in [1.82, 2.24) is 10.6 Å². The Bertz CT molecular complexity index is 811. The molecule has 1 fully saturated rings. The molecule has 1 aliphatic heterocycles. The molecule has 0 unspecified atom stereocenters. The first kappa shape index (κ1) is 22.2. The monoisotopic (exact) mass is 419 g/mol. The SMILES string of the molecule is O=C(NCCC[C@H]1C[C@H](Cc2ccccc2)CCN1)Nc1cccc(C(F)(F)F)c1. The molecule has 3 rings (SSSR count). The maximum Gasteiger partial charge on any atom is 0.416 e. The normalized spacial score (nSPS) is 19.3. The predicted octanol–water partition coefficient (Wildman–Crippen LogP) is 5.22. The Labute approximate surface area is 175 Å². The lowest BCUT2D eigenvalue weighted by atomic mass is 9.86. The van der Waals surface area contributed by atoms with Gasteiger partial charge in [-0.1, -0.05) is 36.4 Å². The van der Waals surface area contributed by atoms with Gasteiger partial charge >= 0.3 is 12.2 Å². The van der Waals surface area contributed by atoms with E-state index in [2.05, 4.69) is 40.2 Å². The molecule has 4 nitrogen and oxygen atoms in total. The highest BCUT2D eigenvalue weighted by atomic mass is 19.4. The lowest BCUT2D eigenvalue weighted by Crippen LogP contribution is -2.39. The number of anilines is 1. The van der Waals surface area contributed by atoms with E-state index in [1.807, 2.05) is 6.07 Å². The minimum Gasteiger partial charge on any atom is -0.338 e. The smallest absolute Gasteiger partial charge is 0.338 e. The Balaban J connectivity index is 1.36. The molecule has 0 bridgehead atoms. The van der Waals surface area contributed by atoms with Gasteiger partial charge in [0.05, 0.1) is 5.56 Å². The van der Waals surface area contributed by atoms with Gasteiger partial charge in [0, 0.05) is 18.3 Å². The van der Waals surface area contributed by atoms with Crippen molar-refractivity contribution in [1.29, 1.82) is 0 Å². The first-order valence-corrected chi connectivity index (χ1v) is 10.4. The van der Waals surface area contributed by atoms with Crippen LogP contribution >= 0.6 is 0 Å². The maximum absolute atomic E-state index is 12.7. The number of benzene rings is 2. The lowest BCUT2D eigenvalue weighted by Gasteiger charge is -2.30. The summed E-state index contributed by atoms with van der Waals surface area (Å²) in [4.78, 5) is 12.0. The minimum atomic E-state index is -4.43. The van der Waals surface area contributed by atoms with Crippen LogP contribution in [-0.2, 0) is 12.6 Å². The molecule has 162 valence electrons. The number of nitrogens with one attached hydrogen (secondary N) is 3. The second kappa shape index (κ2) is 10.5. The number of halogens is 3. The van der Waals surface area contributed by atoms with E-state index in [4.69, 9.17) is 0 Å². The van der Waals surface area contributed by atoms with Crippen molar-refractivity contribution in [3.8, 4) is 0 Å². The van der Waals surface area contributed by atoms with Crippen LogP contribution in [0.2, 0.25) is 0 Å². The molecule has 2 aromatic carbocycles. The molecular weight excluding hydrogens is 391 g/mol. The fourth-order valence-electron chi connectivity index (χ4n) is 3.95. The van der Waals surface area contributed by atoms with E-state index in [0.29, 0.717) is 18.5 Å². The van der Waals surface area contributed by atoms with Crippen molar-refractivity contribution in [2.45, 2.75) is 44.3 Å².